The van der Waals surface area contributed by atoms with Gasteiger partial charge in [-0.2, -0.15) is 0 Å². The van der Waals surface area contributed by atoms with Crippen molar-refractivity contribution < 1.29 is 57.9 Å². The van der Waals surface area contributed by atoms with Crippen LogP contribution in [0.25, 0.3) is 0 Å². The Morgan fingerprint density at radius 1 is 0.632 bits per heavy atom. The number of hydrogen-bond acceptors (Lipinski definition) is 14. The first-order chi connectivity index (χ1) is 36.9. The summed E-state index contributed by atoms with van der Waals surface area (Å²) in [6.45, 7) is -0.634. The molecule has 1 fully saturated rings. The Bertz CT molecular complexity index is 3030. The first kappa shape index (κ1) is 52.5. The molecule has 5 aliphatic rings. The van der Waals surface area contributed by atoms with Crippen molar-refractivity contribution in [1.82, 2.24) is 16.0 Å². The first-order valence-electron chi connectivity index (χ1n) is 25.3. The lowest BCUT2D eigenvalue weighted by Gasteiger charge is -2.26. The lowest BCUT2D eigenvalue weighted by atomic mass is 9.89. The van der Waals surface area contributed by atoms with Gasteiger partial charge >= 0.3 is 0 Å². The summed E-state index contributed by atoms with van der Waals surface area (Å²) in [4.78, 5) is 82.6. The van der Waals surface area contributed by atoms with E-state index in [1.165, 1.54) is 14.2 Å². The molecule has 6 amide bonds. The number of fused-ring (bicyclic) bond motifs is 8. The molecule has 1 aliphatic carbocycles. The molecule has 20 heteroatoms. The topological polar surface area (TPSA) is 258 Å². The number of aliphatic hydroxyl groups excluding tert-OH is 2. The van der Waals surface area contributed by atoms with Crippen LogP contribution in [-0.2, 0) is 45.2 Å². The summed E-state index contributed by atoms with van der Waals surface area (Å²) in [6.07, 6.45) is 4.76. The van der Waals surface area contributed by atoms with Gasteiger partial charge in [-0.3, -0.25) is 28.8 Å². The van der Waals surface area contributed by atoms with E-state index >= 15 is 0 Å². The van der Waals surface area contributed by atoms with Gasteiger partial charge in [0.1, 0.15) is 19.4 Å². The Balaban J connectivity index is 0.00000349. The van der Waals surface area contributed by atoms with Crippen molar-refractivity contribution in [1.29, 1.82) is 0 Å². The third-order valence-electron chi connectivity index (χ3n) is 14.2. The second-order valence-corrected chi connectivity index (χ2v) is 19.1. The second-order valence-electron chi connectivity index (χ2n) is 19.1. The summed E-state index contributed by atoms with van der Waals surface area (Å²) >= 11 is 0. The van der Waals surface area contributed by atoms with Gasteiger partial charge in [0.15, 0.2) is 23.0 Å². The number of benzene rings is 5. The van der Waals surface area contributed by atoms with Crippen LogP contribution < -0.4 is 60.6 Å². The van der Waals surface area contributed by atoms with E-state index in [0.29, 0.717) is 63.8 Å². The number of anilines is 5. The molecular weight excluding hydrogens is 977 g/mol. The number of para-hydroxylation sites is 2. The maximum atomic E-state index is 14.1. The van der Waals surface area contributed by atoms with Crippen LogP contribution in [0, 0.1) is 5.92 Å². The lowest BCUT2D eigenvalue weighted by molar-refractivity contribution is -0.130. The van der Waals surface area contributed by atoms with Gasteiger partial charge in [0.25, 0.3) is 11.8 Å². The molecule has 8 N–H and O–H groups in total. The minimum Gasteiger partial charge on any atom is -0.493 e. The largest absolute Gasteiger partial charge is 0.493 e. The van der Waals surface area contributed by atoms with Gasteiger partial charge in [-0.05, 0) is 90.4 Å². The van der Waals surface area contributed by atoms with E-state index in [1.807, 2.05) is 59.5 Å². The summed E-state index contributed by atoms with van der Waals surface area (Å²) in [7, 11) is 3.96. The van der Waals surface area contributed by atoms with Crippen LogP contribution in [0.15, 0.2) is 91.0 Å². The maximum absolute atomic E-state index is 14.1. The molecule has 20 nitrogen and oxygen atoms in total. The zero-order chi connectivity index (χ0) is 53.5. The highest BCUT2D eigenvalue weighted by Crippen LogP contribution is 2.43. The smallest absolute Gasteiger partial charge is 0.260 e. The van der Waals surface area contributed by atoms with E-state index < -0.39 is 43.1 Å². The van der Waals surface area contributed by atoms with Gasteiger partial charge in [0.05, 0.1) is 68.4 Å². The number of hydrogen-bond donors (Lipinski definition) is 8. The summed E-state index contributed by atoms with van der Waals surface area (Å²) in [5.74, 6) is -1.17. The maximum Gasteiger partial charge on any atom is 0.260 e. The Morgan fingerprint density at radius 3 is 1.80 bits per heavy atom. The number of carbonyl (C=O) groups excluding carboxylic acids is 6. The molecule has 0 saturated heterocycles. The number of aliphatic hydroxyl groups is 2. The average Bonchev–Trinajstić information content (AvgIpc) is 3.99. The van der Waals surface area contributed by atoms with Crippen LogP contribution in [0.5, 0.6) is 23.0 Å². The Hall–Kier alpha value is -8.36. The van der Waals surface area contributed by atoms with Crippen LogP contribution in [0.2, 0.25) is 0 Å². The molecular formula is C56H62N8O12. The normalized spacial score (nSPS) is 17.9. The average molecular weight is 1040 g/mol. The van der Waals surface area contributed by atoms with Crippen molar-refractivity contribution in [3.05, 3.63) is 124 Å². The second kappa shape index (κ2) is 23.5. The predicted octanol–water partition coefficient (Wildman–Crippen LogP) is 4.65. The van der Waals surface area contributed by atoms with Gasteiger partial charge in [0, 0.05) is 48.8 Å². The van der Waals surface area contributed by atoms with Crippen molar-refractivity contribution in [2.75, 3.05) is 73.3 Å². The zero-order valence-corrected chi connectivity index (χ0v) is 42.5. The van der Waals surface area contributed by atoms with Crippen LogP contribution in [0.1, 0.15) is 75.1 Å². The number of rotatable bonds is 16. The molecule has 0 aromatic heterocycles. The van der Waals surface area contributed by atoms with Crippen molar-refractivity contribution >= 4 is 63.9 Å². The fourth-order valence-corrected chi connectivity index (χ4v) is 10.5. The van der Waals surface area contributed by atoms with Gasteiger partial charge in [-0.25, -0.2) is 0 Å². The van der Waals surface area contributed by atoms with E-state index in [4.69, 9.17) is 24.1 Å². The molecule has 1 saturated carbocycles. The Kier molecular flexibility index (Phi) is 16.2. The minimum absolute atomic E-state index is 0.0215. The molecule has 3 atom stereocenters. The fraction of sp³-hybridized carbons (Fsp3) is 0.357. The highest BCUT2D eigenvalue weighted by atomic mass is 16.5. The standard InChI is InChI=1S/C55H58N8O11.CH4O/c1-71-45-21-38-40(56-25-37-19-34-12-6-8-14-42(34)62(37)54(38)69)23-47(45)73-29-31-16-32(18-36(17-31)60-51(66)28-58-49(64)26-57-50(65)27-59-52(67)33-10-4-3-5-11-33)30-74-48-24-41-39(22-46(48)72-2)55(70)63-43-15-9-7-13-35(43)20-44(63)53(68)61-41;1-2/h6-9,12-18,21-24,33,37,44,53,56,61,68H,3-5,10-11,19-20,25-30H2,1-2H3,(H,57,65)(H,58,64)(H,59,67)(H,60,66);2H,1H3/t37?,44?,53-;/m1./s1. The molecule has 0 radical (unpaired) electrons. The molecule has 5 aromatic carbocycles. The van der Waals surface area contributed by atoms with Crippen molar-refractivity contribution in [3.8, 4) is 23.0 Å². The van der Waals surface area contributed by atoms with Gasteiger partial charge in [0.2, 0.25) is 23.6 Å². The third kappa shape index (κ3) is 11.3. The molecule has 5 aromatic rings. The number of methoxy groups -OCH3 is 2. The monoisotopic (exact) mass is 1040 g/mol. The predicted molar refractivity (Wildman–Crippen MR) is 283 cm³/mol. The van der Waals surface area contributed by atoms with Gasteiger partial charge < -0.3 is 70.9 Å². The highest BCUT2D eigenvalue weighted by molar-refractivity contribution is 6.13. The summed E-state index contributed by atoms with van der Waals surface area (Å²) in [6, 6.07) is 26.7. The van der Waals surface area contributed by atoms with Crippen molar-refractivity contribution in [2.45, 2.75) is 76.5 Å². The quantitative estimate of drug-likeness (QED) is 0.0670. The van der Waals surface area contributed by atoms with Crippen LogP contribution in [0.4, 0.5) is 28.4 Å². The number of amides is 6. The number of ether oxygens (including phenoxy) is 4. The first-order valence-corrected chi connectivity index (χ1v) is 25.3. The molecule has 0 bridgehead atoms. The SMILES string of the molecule is CO.COc1cc2c(cc1OCc1cc(COc3cc4c(cc3OC)C(=O)N3c5ccccc5CC3[C@@H](O)N4)cc(NC(=O)CNC(=O)CNC(=O)CNC(=O)C3CCCCC3)c1)NCC1Cc3ccccc3N1C2=O. The minimum atomic E-state index is -1.09. The molecule has 4 heterocycles. The van der Waals surface area contributed by atoms with E-state index in [2.05, 4.69) is 31.9 Å². The van der Waals surface area contributed by atoms with E-state index in [1.54, 1.807) is 41.3 Å². The highest BCUT2D eigenvalue weighted by Gasteiger charge is 2.42. The van der Waals surface area contributed by atoms with E-state index in [-0.39, 0.29) is 60.9 Å². The number of nitrogens with zero attached hydrogens (tertiary/aromatic N) is 2. The summed E-state index contributed by atoms with van der Waals surface area (Å²) in [5, 5.41) is 35.4. The lowest BCUT2D eigenvalue weighted by Crippen LogP contribution is -2.45. The van der Waals surface area contributed by atoms with Crippen LogP contribution >= 0.6 is 0 Å². The zero-order valence-electron chi connectivity index (χ0n) is 42.5. The number of carbonyl (C=O) groups is 6. The van der Waals surface area contributed by atoms with Crippen LogP contribution in [-0.4, -0.2) is 111 Å². The van der Waals surface area contributed by atoms with Crippen molar-refractivity contribution in [3.63, 3.8) is 0 Å². The summed E-state index contributed by atoms with van der Waals surface area (Å²) in [5.41, 5.74) is 6.93. The third-order valence-corrected chi connectivity index (χ3v) is 14.2. The molecule has 2 unspecified atom stereocenters. The Labute approximate surface area is 439 Å². The molecule has 10 rings (SSSR count). The molecule has 0 spiro atoms. The van der Waals surface area contributed by atoms with Gasteiger partial charge in [-0.15, -0.1) is 0 Å². The summed E-state index contributed by atoms with van der Waals surface area (Å²) < 4.78 is 24.3. The van der Waals surface area contributed by atoms with Gasteiger partial charge in [-0.1, -0.05) is 55.7 Å². The molecule has 398 valence electrons. The molecule has 76 heavy (non-hydrogen) atoms. The van der Waals surface area contributed by atoms with Crippen LogP contribution in [0.3, 0.4) is 0 Å². The van der Waals surface area contributed by atoms with E-state index in [9.17, 15) is 33.9 Å². The molecule has 4 aliphatic heterocycles. The number of nitrogens with one attached hydrogen (secondary N) is 6. The van der Waals surface area contributed by atoms with Crippen molar-refractivity contribution in [2.24, 2.45) is 5.92 Å². The van der Waals surface area contributed by atoms with E-state index in [0.717, 1.165) is 68.1 Å². The Morgan fingerprint density at radius 2 is 1.17 bits per heavy atom. The fourth-order valence-electron chi connectivity index (χ4n) is 10.5.